The van der Waals surface area contributed by atoms with Crippen LogP contribution in [-0.4, -0.2) is 40.8 Å². The highest BCUT2D eigenvalue weighted by Crippen LogP contribution is 2.47. The number of benzene rings is 2. The molecule has 1 aliphatic carbocycles. The molecule has 0 bridgehead atoms. The molecule has 32 heavy (non-hydrogen) atoms. The average Bonchev–Trinajstić information content (AvgIpc) is 3.39. The van der Waals surface area contributed by atoms with Crippen LogP contribution in [0.15, 0.2) is 48.5 Å². The van der Waals surface area contributed by atoms with Gasteiger partial charge in [-0.3, -0.25) is 9.89 Å². The van der Waals surface area contributed by atoms with Gasteiger partial charge < -0.3 is 14.4 Å². The predicted molar refractivity (Wildman–Crippen MR) is 123 cm³/mol. The number of amides is 1. The van der Waals surface area contributed by atoms with E-state index in [-0.39, 0.29) is 18.0 Å². The summed E-state index contributed by atoms with van der Waals surface area (Å²) in [7, 11) is 1.65. The van der Waals surface area contributed by atoms with Gasteiger partial charge in [0, 0.05) is 17.2 Å². The van der Waals surface area contributed by atoms with Crippen LogP contribution >= 0.6 is 0 Å². The zero-order valence-corrected chi connectivity index (χ0v) is 18.6. The highest BCUT2D eigenvalue weighted by molar-refractivity contribution is 6.00. The molecule has 2 aliphatic rings. The van der Waals surface area contributed by atoms with Gasteiger partial charge in [-0.25, -0.2) is 0 Å². The Labute approximate surface area is 188 Å². The Bertz CT molecular complexity index is 1100. The molecule has 6 heteroatoms. The normalized spacial score (nSPS) is 18.6. The Morgan fingerprint density at radius 1 is 1.06 bits per heavy atom. The van der Waals surface area contributed by atoms with Gasteiger partial charge in [0.15, 0.2) is 11.5 Å². The SMILES string of the molecule is CCOc1ccc(C2c3c(-c4ccccc4)n[nH]c3C(=O)N2C2CCCCC2)cc1OC. The number of hydrogen-bond acceptors (Lipinski definition) is 4. The summed E-state index contributed by atoms with van der Waals surface area (Å²) < 4.78 is 11.4. The first-order valence-corrected chi connectivity index (χ1v) is 11.5. The van der Waals surface area contributed by atoms with E-state index in [1.54, 1.807) is 7.11 Å². The van der Waals surface area contributed by atoms with Gasteiger partial charge in [0.1, 0.15) is 5.69 Å². The largest absolute Gasteiger partial charge is 0.493 e. The molecule has 166 valence electrons. The third kappa shape index (κ3) is 3.44. The second-order valence-corrected chi connectivity index (χ2v) is 8.48. The van der Waals surface area contributed by atoms with Crippen molar-refractivity contribution in [3.8, 4) is 22.8 Å². The molecule has 0 radical (unpaired) electrons. The van der Waals surface area contributed by atoms with Crippen LogP contribution in [-0.2, 0) is 0 Å². The highest BCUT2D eigenvalue weighted by atomic mass is 16.5. The predicted octanol–water partition coefficient (Wildman–Crippen LogP) is 5.36. The van der Waals surface area contributed by atoms with Gasteiger partial charge in [-0.15, -0.1) is 0 Å². The smallest absolute Gasteiger partial charge is 0.273 e. The standard InChI is InChI=1S/C26H29N3O3/c1-3-32-20-15-14-18(16-21(20)31-2)25-22-23(17-10-6-4-7-11-17)27-28-24(22)26(30)29(25)19-12-8-5-9-13-19/h4,6-7,10-11,14-16,19,25H,3,5,8-9,12-13H2,1-2H3,(H,27,28). The first kappa shape index (κ1) is 20.6. The summed E-state index contributed by atoms with van der Waals surface area (Å²) in [5, 5.41) is 7.64. The number of H-pyrrole nitrogens is 1. The van der Waals surface area contributed by atoms with E-state index in [0.29, 0.717) is 23.8 Å². The summed E-state index contributed by atoms with van der Waals surface area (Å²) in [4.78, 5) is 15.7. The maximum Gasteiger partial charge on any atom is 0.273 e. The lowest BCUT2D eigenvalue weighted by molar-refractivity contribution is 0.0606. The van der Waals surface area contributed by atoms with E-state index >= 15 is 0 Å². The summed E-state index contributed by atoms with van der Waals surface area (Å²) in [6, 6.07) is 16.1. The van der Waals surface area contributed by atoms with Crippen LogP contribution in [0.1, 0.15) is 66.7 Å². The summed E-state index contributed by atoms with van der Waals surface area (Å²) >= 11 is 0. The van der Waals surface area contributed by atoms with Gasteiger partial charge in [0.05, 0.1) is 25.5 Å². The van der Waals surface area contributed by atoms with E-state index in [1.807, 2.05) is 49.4 Å². The van der Waals surface area contributed by atoms with Gasteiger partial charge >= 0.3 is 0 Å². The topological polar surface area (TPSA) is 67.5 Å². The van der Waals surface area contributed by atoms with Crippen molar-refractivity contribution < 1.29 is 14.3 Å². The zero-order chi connectivity index (χ0) is 22.1. The molecule has 0 spiro atoms. The fraction of sp³-hybridized carbons (Fsp3) is 0.385. The zero-order valence-electron chi connectivity index (χ0n) is 18.6. The second-order valence-electron chi connectivity index (χ2n) is 8.48. The van der Waals surface area contributed by atoms with Gasteiger partial charge in [-0.2, -0.15) is 5.10 Å². The Morgan fingerprint density at radius 3 is 2.56 bits per heavy atom. The summed E-state index contributed by atoms with van der Waals surface area (Å²) in [5.74, 6) is 1.43. The van der Waals surface area contributed by atoms with Crippen molar-refractivity contribution in [1.82, 2.24) is 15.1 Å². The number of ether oxygens (including phenoxy) is 2. The third-order valence-electron chi connectivity index (χ3n) is 6.62. The van der Waals surface area contributed by atoms with Crippen molar-refractivity contribution in [3.63, 3.8) is 0 Å². The summed E-state index contributed by atoms with van der Waals surface area (Å²) in [5.41, 5.74) is 4.42. The molecule has 1 aromatic heterocycles. The monoisotopic (exact) mass is 431 g/mol. The van der Waals surface area contributed by atoms with Crippen molar-refractivity contribution in [2.24, 2.45) is 0 Å². The maximum atomic E-state index is 13.6. The molecule has 6 nitrogen and oxygen atoms in total. The lowest BCUT2D eigenvalue weighted by Gasteiger charge is -2.36. The number of nitrogens with zero attached hydrogens (tertiary/aromatic N) is 2. The summed E-state index contributed by atoms with van der Waals surface area (Å²) in [6.45, 7) is 2.52. The number of aromatic amines is 1. The number of hydrogen-bond donors (Lipinski definition) is 1. The lowest BCUT2D eigenvalue weighted by Crippen LogP contribution is -2.40. The Morgan fingerprint density at radius 2 is 1.84 bits per heavy atom. The molecular weight excluding hydrogens is 402 g/mol. The molecule has 1 saturated carbocycles. The number of aromatic nitrogens is 2. The van der Waals surface area contributed by atoms with Gasteiger partial charge in [-0.05, 0) is 37.5 Å². The minimum atomic E-state index is -0.209. The Kier molecular flexibility index (Phi) is 5.60. The van der Waals surface area contributed by atoms with E-state index in [4.69, 9.17) is 9.47 Å². The van der Waals surface area contributed by atoms with Gasteiger partial charge in [0.2, 0.25) is 0 Å². The van der Waals surface area contributed by atoms with E-state index in [9.17, 15) is 4.79 Å². The lowest BCUT2D eigenvalue weighted by atomic mass is 9.91. The van der Waals surface area contributed by atoms with Crippen molar-refractivity contribution >= 4 is 5.91 Å². The minimum absolute atomic E-state index is 0.0411. The number of nitrogens with one attached hydrogen (secondary N) is 1. The molecule has 2 heterocycles. The number of rotatable bonds is 6. The van der Waals surface area contributed by atoms with Crippen LogP contribution in [0.4, 0.5) is 0 Å². The average molecular weight is 432 g/mol. The molecule has 3 aromatic rings. The quantitative estimate of drug-likeness (QED) is 0.570. The maximum absolute atomic E-state index is 13.6. The van der Waals surface area contributed by atoms with Crippen molar-refractivity contribution in [1.29, 1.82) is 0 Å². The van der Waals surface area contributed by atoms with Crippen LogP contribution in [0.25, 0.3) is 11.3 Å². The second kappa shape index (κ2) is 8.69. The van der Waals surface area contributed by atoms with Crippen LogP contribution in [0.3, 0.4) is 0 Å². The molecular formula is C26H29N3O3. The number of carbonyl (C=O) groups excluding carboxylic acids is 1. The molecule has 1 N–H and O–H groups in total. The fourth-order valence-corrected chi connectivity index (χ4v) is 5.17. The molecule has 1 fully saturated rings. The molecule has 1 atom stereocenters. The highest BCUT2D eigenvalue weighted by Gasteiger charge is 2.45. The fourth-order valence-electron chi connectivity index (χ4n) is 5.17. The van der Waals surface area contributed by atoms with Crippen LogP contribution < -0.4 is 9.47 Å². The number of fused-ring (bicyclic) bond motifs is 1. The summed E-state index contributed by atoms with van der Waals surface area (Å²) in [6.07, 6.45) is 5.63. The van der Waals surface area contributed by atoms with Crippen LogP contribution in [0, 0.1) is 0 Å². The van der Waals surface area contributed by atoms with E-state index in [1.165, 1.54) is 6.42 Å². The molecule has 2 aromatic carbocycles. The minimum Gasteiger partial charge on any atom is -0.493 e. The van der Waals surface area contributed by atoms with Crippen LogP contribution in [0.5, 0.6) is 11.5 Å². The van der Waals surface area contributed by atoms with Gasteiger partial charge in [-0.1, -0.05) is 55.7 Å². The molecule has 0 saturated heterocycles. The van der Waals surface area contributed by atoms with Gasteiger partial charge in [0.25, 0.3) is 5.91 Å². The Balaban J connectivity index is 1.65. The first-order valence-electron chi connectivity index (χ1n) is 11.5. The van der Waals surface area contributed by atoms with E-state index < -0.39 is 0 Å². The molecule has 1 unspecified atom stereocenters. The third-order valence-corrected chi connectivity index (χ3v) is 6.62. The van der Waals surface area contributed by atoms with Crippen molar-refractivity contribution in [2.45, 2.75) is 51.1 Å². The Hall–Kier alpha value is -3.28. The van der Waals surface area contributed by atoms with Crippen molar-refractivity contribution in [2.75, 3.05) is 13.7 Å². The molecule has 1 aliphatic heterocycles. The van der Waals surface area contributed by atoms with Crippen molar-refractivity contribution in [3.05, 3.63) is 65.4 Å². The first-order chi connectivity index (χ1) is 15.7. The number of carbonyl (C=O) groups is 1. The molecule has 1 amide bonds. The van der Waals surface area contributed by atoms with E-state index in [2.05, 4.69) is 21.2 Å². The van der Waals surface area contributed by atoms with Crippen LogP contribution in [0.2, 0.25) is 0 Å². The van der Waals surface area contributed by atoms with E-state index in [0.717, 1.165) is 48.1 Å². The number of methoxy groups -OCH3 is 1. The molecule has 5 rings (SSSR count).